The predicted octanol–water partition coefficient (Wildman–Crippen LogP) is 4.01. The Bertz CT molecular complexity index is 1220. The second kappa shape index (κ2) is 8.76. The summed E-state index contributed by atoms with van der Waals surface area (Å²) in [4.78, 5) is 28.1. The van der Waals surface area contributed by atoms with Crippen molar-refractivity contribution in [1.29, 1.82) is 0 Å². The molecular formula is C24H23N5O3. The number of ether oxygens (including phenoxy) is 1. The number of nitrogens with one attached hydrogen (secondary N) is 1. The molecule has 8 heteroatoms. The van der Waals surface area contributed by atoms with Gasteiger partial charge < -0.3 is 19.4 Å². The van der Waals surface area contributed by atoms with Crippen molar-refractivity contribution in [2.75, 3.05) is 25.5 Å². The van der Waals surface area contributed by atoms with E-state index in [2.05, 4.69) is 32.2 Å². The number of hydrogen-bond donors (Lipinski definition) is 1. The van der Waals surface area contributed by atoms with Gasteiger partial charge in [0.05, 0.1) is 11.6 Å². The van der Waals surface area contributed by atoms with Gasteiger partial charge >= 0.3 is 0 Å². The van der Waals surface area contributed by atoms with Crippen LogP contribution in [0.15, 0.2) is 65.7 Å². The first-order valence-electron chi connectivity index (χ1n) is 10.6. The van der Waals surface area contributed by atoms with Crippen molar-refractivity contribution >= 4 is 22.5 Å². The van der Waals surface area contributed by atoms with Crippen LogP contribution in [0.4, 0.5) is 5.82 Å². The molecule has 1 aromatic carbocycles. The number of pyridine rings is 2. The Morgan fingerprint density at radius 1 is 1.16 bits per heavy atom. The number of anilines is 1. The number of oxazole rings is 1. The van der Waals surface area contributed by atoms with Gasteiger partial charge in [0.25, 0.3) is 5.91 Å². The molecule has 1 fully saturated rings. The number of aromatic nitrogens is 3. The minimum atomic E-state index is -0.229. The van der Waals surface area contributed by atoms with Crippen molar-refractivity contribution in [3.05, 3.63) is 66.8 Å². The quantitative estimate of drug-likeness (QED) is 0.512. The first-order valence-corrected chi connectivity index (χ1v) is 10.6. The lowest BCUT2D eigenvalue weighted by Crippen LogP contribution is -2.35. The molecule has 1 aliphatic heterocycles. The number of benzene rings is 1. The van der Waals surface area contributed by atoms with Crippen molar-refractivity contribution < 1.29 is 13.9 Å². The second-order valence-corrected chi connectivity index (χ2v) is 7.91. The smallest absolute Gasteiger partial charge is 0.256 e. The molecular weight excluding hydrogens is 406 g/mol. The summed E-state index contributed by atoms with van der Waals surface area (Å²) in [5.74, 6) is 1.23. The Morgan fingerprint density at radius 3 is 2.72 bits per heavy atom. The number of nitrogens with zero attached hydrogens (tertiary/aromatic N) is 4. The van der Waals surface area contributed by atoms with E-state index in [9.17, 15) is 4.79 Å². The summed E-state index contributed by atoms with van der Waals surface area (Å²) in [5, 5.41) is 4.52. The van der Waals surface area contributed by atoms with Crippen LogP contribution in [0.1, 0.15) is 23.2 Å². The Kier molecular flexibility index (Phi) is 5.51. The van der Waals surface area contributed by atoms with E-state index in [0.717, 1.165) is 36.7 Å². The van der Waals surface area contributed by atoms with Crippen molar-refractivity contribution in [1.82, 2.24) is 19.9 Å². The van der Waals surface area contributed by atoms with Crippen LogP contribution in [0.2, 0.25) is 0 Å². The fourth-order valence-corrected chi connectivity index (χ4v) is 3.79. The second-order valence-electron chi connectivity index (χ2n) is 7.91. The molecule has 8 nitrogen and oxygen atoms in total. The van der Waals surface area contributed by atoms with Gasteiger partial charge in [-0.15, -0.1) is 0 Å². The first-order chi connectivity index (χ1) is 15.7. The standard InChI is InChI=1S/C24H23N5O3/c1-29-9-7-18(8-10-29)32-24-19-13-26-20(21-14-25-15-31-21)11-17(19)12-22(28-24)27-23(30)16-5-3-2-4-6-16/h2-6,11-15,18H,7-10H2,1H3,(H,27,28,30). The van der Waals surface area contributed by atoms with Gasteiger partial charge in [0.1, 0.15) is 17.6 Å². The molecule has 0 radical (unpaired) electrons. The molecule has 3 aromatic heterocycles. The van der Waals surface area contributed by atoms with Crippen LogP contribution in [0.3, 0.4) is 0 Å². The molecule has 32 heavy (non-hydrogen) atoms. The fourth-order valence-electron chi connectivity index (χ4n) is 3.79. The van der Waals surface area contributed by atoms with Crippen molar-refractivity contribution in [2.45, 2.75) is 18.9 Å². The minimum absolute atomic E-state index is 0.0657. The lowest BCUT2D eigenvalue weighted by molar-refractivity contribution is 0.102. The van der Waals surface area contributed by atoms with Crippen LogP contribution >= 0.6 is 0 Å². The van der Waals surface area contributed by atoms with Crippen LogP contribution in [-0.2, 0) is 0 Å². The third kappa shape index (κ3) is 4.31. The van der Waals surface area contributed by atoms with Crippen LogP contribution in [0.5, 0.6) is 5.88 Å². The average Bonchev–Trinajstić information content (AvgIpc) is 3.36. The maximum atomic E-state index is 12.7. The number of hydrogen-bond acceptors (Lipinski definition) is 7. The molecule has 4 heterocycles. The number of amides is 1. The summed E-state index contributed by atoms with van der Waals surface area (Å²) in [6, 6.07) is 12.8. The Hall–Kier alpha value is -3.78. The summed E-state index contributed by atoms with van der Waals surface area (Å²) in [7, 11) is 2.11. The summed E-state index contributed by atoms with van der Waals surface area (Å²) in [5.41, 5.74) is 1.20. The lowest BCUT2D eigenvalue weighted by atomic mass is 10.1. The molecule has 1 amide bonds. The van der Waals surface area contributed by atoms with Crippen LogP contribution in [0, 0.1) is 0 Å². The number of fused-ring (bicyclic) bond motifs is 1. The van der Waals surface area contributed by atoms with E-state index in [-0.39, 0.29) is 12.0 Å². The molecule has 0 aliphatic carbocycles. The number of likely N-dealkylation sites (tertiary alicyclic amines) is 1. The third-order valence-electron chi connectivity index (χ3n) is 5.59. The number of rotatable bonds is 5. The molecule has 1 aliphatic rings. The maximum absolute atomic E-state index is 12.7. The summed E-state index contributed by atoms with van der Waals surface area (Å²) in [6.45, 7) is 1.95. The molecule has 1 N–H and O–H groups in total. The van der Waals surface area contributed by atoms with E-state index in [1.54, 1.807) is 24.5 Å². The minimum Gasteiger partial charge on any atom is -0.474 e. The highest BCUT2D eigenvalue weighted by Gasteiger charge is 2.21. The van der Waals surface area contributed by atoms with Gasteiger partial charge in [-0.1, -0.05) is 18.2 Å². The highest BCUT2D eigenvalue weighted by atomic mass is 16.5. The number of carbonyl (C=O) groups is 1. The van der Waals surface area contributed by atoms with Gasteiger partial charge in [-0.05, 0) is 49.5 Å². The van der Waals surface area contributed by atoms with Gasteiger partial charge in [-0.25, -0.2) is 4.98 Å². The molecule has 0 unspecified atom stereocenters. The topological polar surface area (TPSA) is 93.4 Å². The van der Waals surface area contributed by atoms with E-state index in [0.29, 0.717) is 28.7 Å². The van der Waals surface area contributed by atoms with Crippen molar-refractivity contribution in [3.8, 4) is 17.3 Å². The Balaban J connectivity index is 1.51. The molecule has 1 saturated heterocycles. The van der Waals surface area contributed by atoms with E-state index in [1.807, 2.05) is 30.3 Å². The van der Waals surface area contributed by atoms with E-state index in [1.165, 1.54) is 6.39 Å². The zero-order valence-corrected chi connectivity index (χ0v) is 17.7. The fraction of sp³-hybridized carbons (Fsp3) is 0.250. The molecule has 0 atom stereocenters. The Labute approximate surface area is 185 Å². The molecule has 162 valence electrons. The van der Waals surface area contributed by atoms with Gasteiger partial charge in [0, 0.05) is 24.8 Å². The summed E-state index contributed by atoms with van der Waals surface area (Å²) in [6.07, 6.45) is 6.62. The number of piperidine rings is 1. The molecule has 0 saturated carbocycles. The van der Waals surface area contributed by atoms with Crippen LogP contribution in [-0.4, -0.2) is 52.0 Å². The van der Waals surface area contributed by atoms with Gasteiger partial charge in [-0.2, -0.15) is 4.98 Å². The van der Waals surface area contributed by atoms with Crippen LogP contribution < -0.4 is 10.1 Å². The lowest BCUT2D eigenvalue weighted by Gasteiger charge is -2.29. The highest BCUT2D eigenvalue weighted by molar-refractivity contribution is 6.04. The van der Waals surface area contributed by atoms with Crippen molar-refractivity contribution in [3.63, 3.8) is 0 Å². The molecule has 5 rings (SSSR count). The summed E-state index contributed by atoms with van der Waals surface area (Å²) >= 11 is 0. The third-order valence-corrected chi connectivity index (χ3v) is 5.59. The first kappa shape index (κ1) is 20.1. The van der Waals surface area contributed by atoms with E-state index in [4.69, 9.17) is 9.15 Å². The average molecular weight is 429 g/mol. The largest absolute Gasteiger partial charge is 0.474 e. The summed E-state index contributed by atoms with van der Waals surface area (Å²) < 4.78 is 11.7. The predicted molar refractivity (Wildman–Crippen MR) is 121 cm³/mol. The van der Waals surface area contributed by atoms with E-state index >= 15 is 0 Å². The monoisotopic (exact) mass is 429 g/mol. The van der Waals surface area contributed by atoms with Crippen LogP contribution in [0.25, 0.3) is 22.2 Å². The van der Waals surface area contributed by atoms with Crippen molar-refractivity contribution in [2.24, 2.45) is 0 Å². The zero-order chi connectivity index (χ0) is 21.9. The maximum Gasteiger partial charge on any atom is 0.256 e. The molecule has 0 spiro atoms. The van der Waals surface area contributed by atoms with Gasteiger partial charge in [0.2, 0.25) is 5.88 Å². The normalized spacial score (nSPS) is 15.0. The Morgan fingerprint density at radius 2 is 1.97 bits per heavy atom. The van der Waals surface area contributed by atoms with E-state index < -0.39 is 0 Å². The molecule has 4 aromatic rings. The van der Waals surface area contributed by atoms with Gasteiger partial charge in [0.15, 0.2) is 12.2 Å². The molecule has 0 bridgehead atoms. The highest BCUT2D eigenvalue weighted by Crippen LogP contribution is 2.31. The SMILES string of the molecule is CN1CCC(Oc2nc(NC(=O)c3ccccc3)cc3cc(-c4cnco4)ncc23)CC1. The zero-order valence-electron chi connectivity index (χ0n) is 17.7. The van der Waals surface area contributed by atoms with Gasteiger partial charge in [-0.3, -0.25) is 9.78 Å². The number of carbonyl (C=O) groups excluding carboxylic acids is 1.